The van der Waals surface area contributed by atoms with Gasteiger partial charge < -0.3 is 10.5 Å². The van der Waals surface area contributed by atoms with E-state index in [0.29, 0.717) is 13.2 Å². The van der Waals surface area contributed by atoms with Crippen LogP contribution in [0.2, 0.25) is 0 Å². The molecule has 0 spiro atoms. The molecule has 1 heterocycles. The van der Waals surface area contributed by atoms with Gasteiger partial charge in [-0.25, -0.2) is 4.68 Å². The Morgan fingerprint density at radius 2 is 1.78 bits per heavy atom. The first kappa shape index (κ1) is 15.2. The quantitative estimate of drug-likeness (QED) is 0.760. The van der Waals surface area contributed by atoms with Gasteiger partial charge in [0, 0.05) is 13.0 Å². The molecule has 2 aromatic carbocycles. The maximum atomic E-state index is 5.82. The van der Waals surface area contributed by atoms with Crippen molar-refractivity contribution in [1.29, 1.82) is 0 Å². The molecule has 5 nitrogen and oxygen atoms in total. The first-order valence-electron chi connectivity index (χ1n) is 7.72. The lowest BCUT2D eigenvalue weighted by Gasteiger charge is -2.09. The van der Waals surface area contributed by atoms with Crippen LogP contribution in [0.3, 0.4) is 0 Å². The number of hydrogen-bond donors (Lipinski definition) is 1. The van der Waals surface area contributed by atoms with Crippen molar-refractivity contribution < 1.29 is 4.74 Å². The lowest BCUT2D eigenvalue weighted by molar-refractivity contribution is 0.340. The van der Waals surface area contributed by atoms with E-state index in [1.165, 1.54) is 5.56 Å². The van der Waals surface area contributed by atoms with E-state index in [1.54, 1.807) is 0 Å². The third kappa shape index (κ3) is 3.40. The standard InChI is InChI=1S/C18H20N4O/c1-2-23-16-10-8-15(9-11-16)22-18(17(13-19)20-21-22)12-14-6-4-3-5-7-14/h3-11H,2,12-13,19H2,1H3. The summed E-state index contributed by atoms with van der Waals surface area (Å²) in [6.45, 7) is 3.00. The Balaban J connectivity index is 1.94. The summed E-state index contributed by atoms with van der Waals surface area (Å²) in [5.74, 6) is 0.847. The van der Waals surface area contributed by atoms with E-state index in [2.05, 4.69) is 22.4 Å². The van der Waals surface area contributed by atoms with Gasteiger partial charge in [-0.2, -0.15) is 0 Å². The molecule has 1 aromatic heterocycles. The number of nitrogens with two attached hydrogens (primary N) is 1. The number of nitrogens with zero attached hydrogens (tertiary/aromatic N) is 3. The summed E-state index contributed by atoms with van der Waals surface area (Å²) in [6, 6.07) is 18.1. The Morgan fingerprint density at radius 3 is 2.43 bits per heavy atom. The van der Waals surface area contributed by atoms with E-state index in [-0.39, 0.29) is 0 Å². The van der Waals surface area contributed by atoms with Crippen molar-refractivity contribution in [3.63, 3.8) is 0 Å². The van der Waals surface area contributed by atoms with Gasteiger partial charge in [-0.1, -0.05) is 35.5 Å². The zero-order valence-corrected chi connectivity index (χ0v) is 13.1. The predicted octanol–water partition coefficient (Wildman–Crippen LogP) is 2.72. The number of ether oxygens (including phenoxy) is 1. The molecule has 0 saturated heterocycles. The fraction of sp³-hybridized carbons (Fsp3) is 0.222. The minimum absolute atomic E-state index is 0.374. The van der Waals surface area contributed by atoms with Crippen LogP contribution >= 0.6 is 0 Å². The van der Waals surface area contributed by atoms with Crippen LogP contribution in [-0.4, -0.2) is 21.6 Å². The molecule has 0 aliphatic rings. The summed E-state index contributed by atoms with van der Waals surface area (Å²) in [5, 5.41) is 8.50. The summed E-state index contributed by atoms with van der Waals surface area (Å²) >= 11 is 0. The molecular formula is C18H20N4O. The second-order valence-electron chi connectivity index (χ2n) is 5.19. The Morgan fingerprint density at radius 1 is 1.04 bits per heavy atom. The topological polar surface area (TPSA) is 66.0 Å². The van der Waals surface area contributed by atoms with Crippen LogP contribution in [0.5, 0.6) is 5.75 Å². The third-order valence-corrected chi connectivity index (χ3v) is 3.64. The highest BCUT2D eigenvalue weighted by Gasteiger charge is 2.13. The van der Waals surface area contributed by atoms with Gasteiger partial charge in [-0.3, -0.25) is 0 Å². The van der Waals surface area contributed by atoms with Crippen molar-refractivity contribution in [3.8, 4) is 11.4 Å². The number of hydrogen-bond acceptors (Lipinski definition) is 4. The SMILES string of the molecule is CCOc1ccc(-n2nnc(CN)c2Cc2ccccc2)cc1. The van der Waals surface area contributed by atoms with Crippen LogP contribution in [0, 0.1) is 0 Å². The van der Waals surface area contributed by atoms with Crippen molar-refractivity contribution in [3.05, 3.63) is 71.5 Å². The van der Waals surface area contributed by atoms with Gasteiger partial charge in [0.1, 0.15) is 11.4 Å². The van der Waals surface area contributed by atoms with E-state index in [1.807, 2.05) is 54.1 Å². The van der Waals surface area contributed by atoms with Gasteiger partial charge >= 0.3 is 0 Å². The molecule has 118 valence electrons. The molecule has 0 bridgehead atoms. The lowest BCUT2D eigenvalue weighted by Crippen LogP contribution is -2.07. The van der Waals surface area contributed by atoms with Crippen molar-refractivity contribution >= 4 is 0 Å². The molecule has 0 aliphatic heterocycles. The van der Waals surface area contributed by atoms with Crippen LogP contribution in [-0.2, 0) is 13.0 Å². The minimum Gasteiger partial charge on any atom is -0.494 e. The Labute approximate surface area is 135 Å². The van der Waals surface area contributed by atoms with Crippen LogP contribution < -0.4 is 10.5 Å². The second-order valence-corrected chi connectivity index (χ2v) is 5.19. The molecule has 0 radical (unpaired) electrons. The molecule has 23 heavy (non-hydrogen) atoms. The van der Waals surface area contributed by atoms with Gasteiger partial charge in [-0.15, -0.1) is 5.10 Å². The molecule has 5 heteroatoms. The molecule has 0 atom stereocenters. The summed E-state index contributed by atoms with van der Waals surface area (Å²) in [4.78, 5) is 0. The first-order valence-corrected chi connectivity index (χ1v) is 7.72. The highest BCUT2D eigenvalue weighted by atomic mass is 16.5. The van der Waals surface area contributed by atoms with Crippen molar-refractivity contribution in [2.24, 2.45) is 5.73 Å². The average Bonchev–Trinajstić information content (AvgIpc) is 2.99. The summed E-state index contributed by atoms with van der Waals surface area (Å²) < 4.78 is 7.34. The molecule has 0 amide bonds. The summed E-state index contributed by atoms with van der Waals surface area (Å²) in [5.41, 5.74) is 9.82. The number of rotatable bonds is 6. The Bertz CT molecular complexity index is 750. The first-order chi connectivity index (χ1) is 11.3. The fourth-order valence-corrected chi connectivity index (χ4v) is 2.52. The Hall–Kier alpha value is -2.66. The van der Waals surface area contributed by atoms with E-state index in [9.17, 15) is 0 Å². The van der Waals surface area contributed by atoms with Crippen LogP contribution in [0.25, 0.3) is 5.69 Å². The van der Waals surface area contributed by atoms with Gasteiger partial charge in [0.25, 0.3) is 0 Å². The number of benzene rings is 2. The zero-order valence-electron chi connectivity index (χ0n) is 13.1. The number of aromatic nitrogens is 3. The zero-order chi connectivity index (χ0) is 16.1. The molecule has 0 saturated carbocycles. The van der Waals surface area contributed by atoms with Gasteiger partial charge in [0.2, 0.25) is 0 Å². The Kier molecular flexibility index (Phi) is 4.68. The van der Waals surface area contributed by atoms with E-state index in [0.717, 1.165) is 29.2 Å². The van der Waals surface area contributed by atoms with Crippen LogP contribution in [0.4, 0.5) is 0 Å². The molecule has 3 rings (SSSR count). The molecule has 3 aromatic rings. The maximum Gasteiger partial charge on any atom is 0.119 e. The largest absolute Gasteiger partial charge is 0.494 e. The van der Waals surface area contributed by atoms with Crippen LogP contribution in [0.1, 0.15) is 23.9 Å². The molecule has 0 fully saturated rings. The van der Waals surface area contributed by atoms with Crippen molar-refractivity contribution in [1.82, 2.24) is 15.0 Å². The second kappa shape index (κ2) is 7.07. The maximum absolute atomic E-state index is 5.82. The van der Waals surface area contributed by atoms with Crippen molar-refractivity contribution in [2.75, 3.05) is 6.61 Å². The predicted molar refractivity (Wildman–Crippen MR) is 89.7 cm³/mol. The van der Waals surface area contributed by atoms with Crippen molar-refractivity contribution in [2.45, 2.75) is 19.9 Å². The fourth-order valence-electron chi connectivity index (χ4n) is 2.52. The van der Waals surface area contributed by atoms with E-state index in [4.69, 9.17) is 10.5 Å². The minimum atomic E-state index is 0.374. The monoisotopic (exact) mass is 308 g/mol. The van der Waals surface area contributed by atoms with Gasteiger partial charge in [0.05, 0.1) is 18.0 Å². The highest BCUT2D eigenvalue weighted by Crippen LogP contribution is 2.19. The van der Waals surface area contributed by atoms with Gasteiger partial charge in [0.15, 0.2) is 0 Å². The normalized spacial score (nSPS) is 10.7. The van der Waals surface area contributed by atoms with E-state index >= 15 is 0 Å². The third-order valence-electron chi connectivity index (χ3n) is 3.64. The molecular weight excluding hydrogens is 288 g/mol. The molecule has 0 unspecified atom stereocenters. The average molecular weight is 308 g/mol. The van der Waals surface area contributed by atoms with E-state index < -0.39 is 0 Å². The lowest BCUT2D eigenvalue weighted by atomic mass is 10.1. The summed E-state index contributed by atoms with van der Waals surface area (Å²) in [6.07, 6.45) is 0.744. The van der Waals surface area contributed by atoms with Crippen LogP contribution in [0.15, 0.2) is 54.6 Å². The molecule has 2 N–H and O–H groups in total. The smallest absolute Gasteiger partial charge is 0.119 e. The highest BCUT2D eigenvalue weighted by molar-refractivity contribution is 5.39. The van der Waals surface area contributed by atoms with Gasteiger partial charge in [-0.05, 0) is 36.8 Å². The summed E-state index contributed by atoms with van der Waals surface area (Å²) in [7, 11) is 0. The molecule has 0 aliphatic carbocycles.